The van der Waals surface area contributed by atoms with Gasteiger partial charge in [-0.1, -0.05) is 12.1 Å². The molecule has 0 aliphatic carbocycles. The van der Waals surface area contributed by atoms with E-state index in [0.717, 1.165) is 24.4 Å². The molecule has 0 saturated carbocycles. The van der Waals surface area contributed by atoms with E-state index in [2.05, 4.69) is 10.5 Å². The summed E-state index contributed by atoms with van der Waals surface area (Å²) in [5.41, 5.74) is 4.38. The molecule has 0 aliphatic heterocycles. The number of amides is 2. The Morgan fingerprint density at radius 3 is 2.38 bits per heavy atom. The van der Waals surface area contributed by atoms with Gasteiger partial charge in [0.2, 0.25) is 0 Å². The number of hydrogen-bond acceptors (Lipinski definition) is 7. The maximum absolute atomic E-state index is 12.1. The largest absolute Gasteiger partial charge is 0.508 e. The summed E-state index contributed by atoms with van der Waals surface area (Å²) in [5, 5.41) is 40.6. The molecule has 0 aromatic heterocycles. The Kier molecular flexibility index (Phi) is 5.91. The van der Waals surface area contributed by atoms with Crippen molar-refractivity contribution in [3.8, 4) is 17.2 Å². The van der Waals surface area contributed by atoms with Gasteiger partial charge in [-0.3, -0.25) is 14.8 Å². The van der Waals surface area contributed by atoms with Crippen LogP contribution in [0.25, 0.3) is 6.08 Å². The topological polar surface area (TPSA) is 151 Å². The highest BCUT2D eigenvalue weighted by molar-refractivity contribution is 5.96. The Hall–Kier alpha value is -3.85. The second-order valence-electron chi connectivity index (χ2n) is 5.03. The smallest absolute Gasteiger partial charge is 0.271 e. The van der Waals surface area contributed by atoms with Crippen LogP contribution in [0.2, 0.25) is 0 Å². The summed E-state index contributed by atoms with van der Waals surface area (Å²) < 4.78 is 0. The van der Waals surface area contributed by atoms with E-state index in [9.17, 15) is 24.9 Å². The van der Waals surface area contributed by atoms with Gasteiger partial charge in [0.25, 0.3) is 11.8 Å². The van der Waals surface area contributed by atoms with Crippen molar-refractivity contribution in [2.75, 3.05) is 0 Å². The molecule has 9 nitrogen and oxygen atoms in total. The Morgan fingerprint density at radius 1 is 1.04 bits per heavy atom. The van der Waals surface area contributed by atoms with Crippen LogP contribution < -0.4 is 10.9 Å². The number of aromatic hydroxyl groups is 3. The number of phenols is 3. The summed E-state index contributed by atoms with van der Waals surface area (Å²) in [5.74, 6) is -2.41. The number of hydroxylamine groups is 1. The molecule has 0 aliphatic rings. The SMILES string of the molecule is O=C(/C=C/c1cccc(C(=O)N/N=C/c2c(O)cc(O)cc2O)c1)NO. The predicted molar refractivity (Wildman–Crippen MR) is 91.9 cm³/mol. The fourth-order valence-corrected chi connectivity index (χ4v) is 1.95. The third-order valence-electron chi connectivity index (χ3n) is 3.17. The van der Waals surface area contributed by atoms with Crippen LogP contribution in [0.3, 0.4) is 0 Å². The first-order chi connectivity index (χ1) is 12.4. The van der Waals surface area contributed by atoms with E-state index < -0.39 is 23.3 Å². The third kappa shape index (κ3) is 4.82. The van der Waals surface area contributed by atoms with E-state index in [1.165, 1.54) is 23.7 Å². The minimum absolute atomic E-state index is 0.0743. The van der Waals surface area contributed by atoms with E-state index in [-0.39, 0.29) is 16.9 Å². The van der Waals surface area contributed by atoms with Crippen molar-refractivity contribution >= 4 is 24.1 Å². The molecule has 2 aromatic carbocycles. The van der Waals surface area contributed by atoms with Crippen molar-refractivity contribution < 1.29 is 30.1 Å². The van der Waals surface area contributed by atoms with Crippen LogP contribution in [0, 0.1) is 0 Å². The Bertz CT molecular complexity index is 869. The molecule has 2 amide bonds. The van der Waals surface area contributed by atoms with E-state index in [1.54, 1.807) is 12.1 Å². The first-order valence-corrected chi connectivity index (χ1v) is 7.21. The monoisotopic (exact) mass is 357 g/mol. The van der Waals surface area contributed by atoms with E-state index in [1.807, 2.05) is 0 Å². The Balaban J connectivity index is 2.09. The van der Waals surface area contributed by atoms with Crippen LogP contribution in [0.5, 0.6) is 17.2 Å². The molecule has 0 bridgehead atoms. The molecule has 0 unspecified atom stereocenters. The van der Waals surface area contributed by atoms with Crippen molar-refractivity contribution in [3.63, 3.8) is 0 Å². The fourth-order valence-electron chi connectivity index (χ4n) is 1.95. The van der Waals surface area contributed by atoms with Crippen molar-refractivity contribution in [2.45, 2.75) is 0 Å². The van der Waals surface area contributed by atoms with Crippen LogP contribution in [-0.2, 0) is 4.79 Å². The lowest BCUT2D eigenvalue weighted by Crippen LogP contribution is -2.17. The van der Waals surface area contributed by atoms with Gasteiger partial charge in [0, 0.05) is 23.8 Å². The number of hydrogen-bond donors (Lipinski definition) is 6. The predicted octanol–water partition coefficient (Wildman–Crippen LogP) is 1.09. The van der Waals surface area contributed by atoms with Crippen molar-refractivity contribution in [2.24, 2.45) is 5.10 Å². The number of nitrogens with zero attached hydrogens (tertiary/aromatic N) is 1. The van der Waals surface area contributed by atoms with Gasteiger partial charge in [0.1, 0.15) is 17.2 Å². The zero-order valence-electron chi connectivity index (χ0n) is 13.2. The van der Waals surface area contributed by atoms with E-state index in [0.29, 0.717) is 5.56 Å². The average Bonchev–Trinajstić information content (AvgIpc) is 2.61. The maximum atomic E-state index is 12.1. The second-order valence-corrected chi connectivity index (χ2v) is 5.03. The van der Waals surface area contributed by atoms with E-state index in [4.69, 9.17) is 5.21 Å². The van der Waals surface area contributed by atoms with Gasteiger partial charge < -0.3 is 15.3 Å². The van der Waals surface area contributed by atoms with Gasteiger partial charge in [0.05, 0.1) is 11.8 Å². The van der Waals surface area contributed by atoms with Crippen LogP contribution >= 0.6 is 0 Å². The van der Waals surface area contributed by atoms with Crippen molar-refractivity contribution in [1.82, 2.24) is 10.9 Å². The normalized spacial score (nSPS) is 11.0. The highest BCUT2D eigenvalue weighted by Gasteiger charge is 2.08. The third-order valence-corrected chi connectivity index (χ3v) is 3.17. The number of carbonyl (C=O) groups excluding carboxylic acids is 2. The molecular weight excluding hydrogens is 342 g/mol. The molecule has 0 atom stereocenters. The number of hydrazone groups is 1. The van der Waals surface area contributed by atoms with Crippen LogP contribution in [-0.4, -0.2) is 38.6 Å². The first kappa shape index (κ1) is 18.5. The maximum Gasteiger partial charge on any atom is 0.271 e. The lowest BCUT2D eigenvalue weighted by Gasteiger charge is -2.04. The van der Waals surface area contributed by atoms with Crippen molar-refractivity contribution in [3.05, 3.63) is 59.2 Å². The molecule has 6 N–H and O–H groups in total. The molecule has 2 rings (SSSR count). The Labute approximate surface area is 147 Å². The minimum atomic E-state index is -0.710. The lowest BCUT2D eigenvalue weighted by atomic mass is 10.1. The summed E-state index contributed by atoms with van der Waals surface area (Å²) in [6.45, 7) is 0. The number of nitrogens with one attached hydrogen (secondary N) is 2. The number of carbonyl (C=O) groups is 2. The molecule has 0 fully saturated rings. The Morgan fingerprint density at radius 2 is 1.73 bits per heavy atom. The first-order valence-electron chi connectivity index (χ1n) is 7.21. The molecule has 0 radical (unpaired) electrons. The van der Waals surface area contributed by atoms with Crippen LogP contribution in [0.15, 0.2) is 47.6 Å². The molecule has 2 aromatic rings. The van der Waals surface area contributed by atoms with Gasteiger partial charge in [-0.05, 0) is 23.8 Å². The summed E-state index contributed by atoms with van der Waals surface area (Å²) in [6.07, 6.45) is 3.51. The highest BCUT2D eigenvalue weighted by Crippen LogP contribution is 2.30. The van der Waals surface area contributed by atoms with Crippen molar-refractivity contribution in [1.29, 1.82) is 0 Å². The summed E-state index contributed by atoms with van der Waals surface area (Å²) in [6, 6.07) is 8.27. The average molecular weight is 357 g/mol. The minimum Gasteiger partial charge on any atom is -0.508 e. The number of phenolic OH excluding ortho intramolecular Hbond substituents is 3. The summed E-state index contributed by atoms with van der Waals surface area (Å²) in [7, 11) is 0. The molecule has 0 heterocycles. The van der Waals surface area contributed by atoms with Crippen LogP contribution in [0.1, 0.15) is 21.5 Å². The standard InChI is InChI=1S/C17H15N3O6/c21-12-7-14(22)13(15(23)8-12)9-18-19-17(25)11-3-1-2-10(6-11)4-5-16(24)20-26/h1-9,21-23,26H,(H,19,25)(H,20,24)/b5-4+,18-9+. The molecule has 0 saturated heterocycles. The molecule has 134 valence electrons. The summed E-state index contributed by atoms with van der Waals surface area (Å²) >= 11 is 0. The van der Waals surface area contributed by atoms with Gasteiger partial charge in [-0.15, -0.1) is 0 Å². The number of benzene rings is 2. The highest BCUT2D eigenvalue weighted by atomic mass is 16.5. The summed E-state index contributed by atoms with van der Waals surface area (Å²) in [4.78, 5) is 23.0. The molecule has 9 heteroatoms. The molecular formula is C17H15N3O6. The van der Waals surface area contributed by atoms with Gasteiger partial charge in [0.15, 0.2) is 0 Å². The van der Waals surface area contributed by atoms with Gasteiger partial charge in [-0.2, -0.15) is 5.10 Å². The lowest BCUT2D eigenvalue weighted by molar-refractivity contribution is -0.124. The van der Waals surface area contributed by atoms with Gasteiger partial charge in [-0.25, -0.2) is 10.9 Å². The number of rotatable bonds is 5. The quantitative estimate of drug-likeness (QED) is 0.204. The molecule has 0 spiro atoms. The van der Waals surface area contributed by atoms with Crippen LogP contribution in [0.4, 0.5) is 0 Å². The zero-order chi connectivity index (χ0) is 19.1. The molecule has 26 heavy (non-hydrogen) atoms. The fraction of sp³-hybridized carbons (Fsp3) is 0. The zero-order valence-corrected chi connectivity index (χ0v) is 13.2. The van der Waals surface area contributed by atoms with E-state index >= 15 is 0 Å². The second kappa shape index (κ2) is 8.31. The van der Waals surface area contributed by atoms with Gasteiger partial charge >= 0.3 is 0 Å².